The van der Waals surface area contributed by atoms with Gasteiger partial charge in [0.1, 0.15) is 26.9 Å². The van der Waals surface area contributed by atoms with Crippen molar-refractivity contribution in [1.82, 2.24) is 15.0 Å². The highest BCUT2D eigenvalue weighted by molar-refractivity contribution is 7.90. The number of anilines is 4. The minimum absolute atomic E-state index is 0.0129. The van der Waals surface area contributed by atoms with Gasteiger partial charge in [0.2, 0.25) is 0 Å². The number of aromatic amines is 1. The van der Waals surface area contributed by atoms with Gasteiger partial charge in [-0.1, -0.05) is 12.8 Å². The summed E-state index contributed by atoms with van der Waals surface area (Å²) in [6.07, 6.45) is 6.45. The van der Waals surface area contributed by atoms with Gasteiger partial charge in [-0.15, -0.1) is 0 Å². The largest absolute Gasteiger partial charge is 0.378 e. The number of hydrogen-bond acceptors (Lipinski definition) is 9. The summed E-state index contributed by atoms with van der Waals surface area (Å²) in [5, 5.41) is 7.12. The zero-order chi connectivity index (χ0) is 25.1. The van der Waals surface area contributed by atoms with Gasteiger partial charge in [-0.2, -0.15) is 0 Å². The molecule has 2 aliphatic rings. The summed E-state index contributed by atoms with van der Waals surface area (Å²) in [7, 11) is -3.09. The molecule has 3 N–H and O–H groups in total. The highest BCUT2D eigenvalue weighted by Gasteiger charge is 2.28. The average molecular weight is 513 g/mol. The van der Waals surface area contributed by atoms with E-state index in [4.69, 9.17) is 9.72 Å². The molecule has 2 atom stereocenters. The molecule has 11 heteroatoms. The van der Waals surface area contributed by atoms with Crippen molar-refractivity contribution in [1.29, 1.82) is 0 Å². The van der Waals surface area contributed by atoms with Crippen LogP contribution in [0.15, 0.2) is 41.5 Å². The van der Waals surface area contributed by atoms with Crippen LogP contribution in [0, 0.1) is 5.92 Å². The van der Waals surface area contributed by atoms with Crippen molar-refractivity contribution in [2.75, 3.05) is 53.8 Å². The fourth-order valence-electron chi connectivity index (χ4n) is 5.14. The molecule has 1 saturated heterocycles. The van der Waals surface area contributed by atoms with E-state index in [0.717, 1.165) is 63.4 Å². The van der Waals surface area contributed by atoms with Crippen LogP contribution in [0.1, 0.15) is 25.7 Å². The molecule has 1 aliphatic carbocycles. The normalized spacial score (nSPS) is 20.9. The summed E-state index contributed by atoms with van der Waals surface area (Å²) in [6.45, 7) is 3.15. The fourth-order valence-corrected chi connectivity index (χ4v) is 6.32. The van der Waals surface area contributed by atoms with Crippen LogP contribution in [-0.4, -0.2) is 67.7 Å². The second kappa shape index (κ2) is 10.4. The number of H-pyrrole nitrogens is 1. The summed E-state index contributed by atoms with van der Waals surface area (Å²) in [5.74, 6) is 1.14. The number of fused-ring (bicyclic) bond motifs is 1. The number of sulfone groups is 1. The van der Waals surface area contributed by atoms with Crippen LogP contribution in [0.3, 0.4) is 0 Å². The lowest BCUT2D eigenvalue weighted by atomic mass is 9.86. The molecule has 1 saturated carbocycles. The van der Waals surface area contributed by atoms with Crippen LogP contribution >= 0.6 is 0 Å². The van der Waals surface area contributed by atoms with Crippen LogP contribution in [0.2, 0.25) is 0 Å². The molecule has 0 amide bonds. The maximum Gasteiger partial charge on any atom is 0.262 e. The van der Waals surface area contributed by atoms with Gasteiger partial charge in [-0.25, -0.2) is 18.4 Å². The Kier molecular flexibility index (Phi) is 7.10. The molecule has 0 radical (unpaired) electrons. The predicted molar refractivity (Wildman–Crippen MR) is 142 cm³/mol. The number of nitrogens with one attached hydrogen (secondary N) is 3. The molecule has 5 rings (SSSR count). The first-order chi connectivity index (χ1) is 17.4. The minimum atomic E-state index is -3.09. The lowest BCUT2D eigenvalue weighted by molar-refractivity contribution is 0.122. The lowest BCUT2D eigenvalue weighted by Crippen LogP contribution is -2.36. The van der Waals surface area contributed by atoms with Gasteiger partial charge >= 0.3 is 0 Å². The number of benzene rings is 1. The molecule has 192 valence electrons. The van der Waals surface area contributed by atoms with Crippen LogP contribution in [-0.2, 0) is 14.6 Å². The van der Waals surface area contributed by atoms with E-state index < -0.39 is 9.84 Å². The van der Waals surface area contributed by atoms with Gasteiger partial charge in [-0.05, 0) is 43.0 Å². The van der Waals surface area contributed by atoms with E-state index >= 15 is 0 Å². The van der Waals surface area contributed by atoms with Crippen LogP contribution in [0.25, 0.3) is 10.9 Å². The number of ether oxygens (including phenoxy) is 1. The Morgan fingerprint density at radius 2 is 1.89 bits per heavy atom. The van der Waals surface area contributed by atoms with E-state index in [0.29, 0.717) is 22.5 Å². The first-order valence-electron chi connectivity index (χ1n) is 12.4. The van der Waals surface area contributed by atoms with Gasteiger partial charge in [0.05, 0.1) is 30.8 Å². The SMILES string of the molecule is CS(=O)(=O)C[C@@H]1CCCC[C@@H]1Nc1cc2nc[nH]c(=O)c2c(Nc2ccc(N3CCOCC3)cc2)n1. The van der Waals surface area contributed by atoms with Crippen LogP contribution in [0.4, 0.5) is 23.0 Å². The third-order valence-electron chi connectivity index (χ3n) is 6.89. The van der Waals surface area contributed by atoms with Gasteiger partial charge in [-0.3, -0.25) is 4.79 Å². The van der Waals surface area contributed by atoms with Crippen molar-refractivity contribution in [3.63, 3.8) is 0 Å². The topological polar surface area (TPSA) is 129 Å². The third kappa shape index (κ3) is 5.79. The highest BCUT2D eigenvalue weighted by Crippen LogP contribution is 2.30. The van der Waals surface area contributed by atoms with Gasteiger partial charge in [0.15, 0.2) is 0 Å². The summed E-state index contributed by atoms with van der Waals surface area (Å²) >= 11 is 0. The number of nitrogens with zero attached hydrogens (tertiary/aromatic N) is 3. The predicted octanol–water partition coefficient (Wildman–Crippen LogP) is 2.91. The number of aromatic nitrogens is 3. The summed E-state index contributed by atoms with van der Waals surface area (Å²) in [6, 6.07) is 9.75. The highest BCUT2D eigenvalue weighted by atomic mass is 32.2. The van der Waals surface area contributed by atoms with Crippen LogP contribution < -0.4 is 21.1 Å². The van der Waals surface area contributed by atoms with Crippen molar-refractivity contribution < 1.29 is 13.2 Å². The van der Waals surface area contributed by atoms with Crippen molar-refractivity contribution in [3.05, 3.63) is 47.0 Å². The Balaban J connectivity index is 1.42. The number of rotatable bonds is 7. The molecular formula is C25H32N6O4S. The fraction of sp³-hybridized carbons (Fsp3) is 0.480. The van der Waals surface area contributed by atoms with Crippen molar-refractivity contribution in [2.24, 2.45) is 5.92 Å². The zero-order valence-electron chi connectivity index (χ0n) is 20.4. The number of pyridine rings is 1. The Hall–Kier alpha value is -3.18. The van der Waals surface area contributed by atoms with Crippen LogP contribution in [0.5, 0.6) is 0 Å². The van der Waals surface area contributed by atoms with E-state index in [1.165, 1.54) is 12.6 Å². The van der Waals surface area contributed by atoms with Gasteiger partial charge in [0, 0.05) is 42.8 Å². The van der Waals surface area contributed by atoms with Crippen molar-refractivity contribution in [3.8, 4) is 0 Å². The first-order valence-corrected chi connectivity index (χ1v) is 14.4. The molecule has 0 spiro atoms. The average Bonchev–Trinajstić information content (AvgIpc) is 2.85. The van der Waals surface area contributed by atoms with Gasteiger partial charge in [0.25, 0.3) is 5.56 Å². The number of hydrogen-bond donors (Lipinski definition) is 3. The monoisotopic (exact) mass is 512 g/mol. The van der Waals surface area contributed by atoms with Crippen molar-refractivity contribution in [2.45, 2.75) is 31.7 Å². The minimum Gasteiger partial charge on any atom is -0.378 e. The lowest BCUT2D eigenvalue weighted by Gasteiger charge is -2.32. The molecular weight excluding hydrogens is 480 g/mol. The molecule has 2 fully saturated rings. The smallest absolute Gasteiger partial charge is 0.262 e. The standard InChI is InChI=1S/C25H32N6O4S/c1-36(33,34)15-17-4-2-3-5-20(17)29-22-14-21-23(25(32)27-16-26-21)24(30-22)28-18-6-8-19(9-7-18)31-10-12-35-13-11-31/h6-9,14,16-17,20H,2-5,10-13,15H2,1H3,(H,26,27,32)(H2,28,29,30)/t17-,20-/m0/s1. The summed E-state index contributed by atoms with van der Waals surface area (Å²) in [5.41, 5.74) is 2.15. The molecule has 2 aromatic heterocycles. The summed E-state index contributed by atoms with van der Waals surface area (Å²) < 4.78 is 29.4. The van der Waals surface area contributed by atoms with E-state index in [-0.39, 0.29) is 23.3 Å². The quantitative estimate of drug-likeness (QED) is 0.437. The Bertz CT molecular complexity index is 1370. The molecule has 0 unspecified atom stereocenters. The summed E-state index contributed by atoms with van der Waals surface area (Å²) in [4.78, 5) is 26.7. The first kappa shape index (κ1) is 24.5. The van der Waals surface area contributed by atoms with Gasteiger partial charge < -0.3 is 25.3 Å². The zero-order valence-corrected chi connectivity index (χ0v) is 21.2. The van der Waals surface area contributed by atoms with E-state index in [1.807, 2.05) is 24.3 Å². The Labute approximate surface area is 210 Å². The maximum atomic E-state index is 12.7. The third-order valence-corrected chi connectivity index (χ3v) is 7.92. The van der Waals surface area contributed by atoms with E-state index in [2.05, 4.69) is 25.5 Å². The molecule has 3 aromatic rings. The molecule has 1 aromatic carbocycles. The molecule has 3 heterocycles. The molecule has 36 heavy (non-hydrogen) atoms. The second-order valence-corrected chi connectivity index (χ2v) is 11.8. The Morgan fingerprint density at radius 1 is 1.14 bits per heavy atom. The van der Waals surface area contributed by atoms with E-state index in [9.17, 15) is 13.2 Å². The number of morpholine rings is 1. The molecule has 0 bridgehead atoms. The van der Waals surface area contributed by atoms with Crippen molar-refractivity contribution >= 4 is 43.8 Å². The van der Waals surface area contributed by atoms with E-state index in [1.54, 1.807) is 6.07 Å². The Morgan fingerprint density at radius 3 is 2.64 bits per heavy atom. The molecule has 10 nitrogen and oxygen atoms in total. The second-order valence-electron chi connectivity index (χ2n) is 9.64. The molecule has 1 aliphatic heterocycles. The maximum absolute atomic E-state index is 12.7.